The Kier molecular flexibility index (Phi) is 4.40. The van der Waals surface area contributed by atoms with Crippen molar-refractivity contribution in [2.45, 2.75) is 31.8 Å². The summed E-state index contributed by atoms with van der Waals surface area (Å²) in [5.74, 6) is 0.828. The number of hydrogen-bond acceptors (Lipinski definition) is 5. The number of rotatable bonds is 3. The fourth-order valence-corrected chi connectivity index (χ4v) is 4.66. The number of aromatic nitrogens is 1. The summed E-state index contributed by atoms with van der Waals surface area (Å²) in [6.45, 7) is 4.11. The number of amides is 2. The van der Waals surface area contributed by atoms with Gasteiger partial charge in [0, 0.05) is 38.7 Å². The van der Waals surface area contributed by atoms with Crippen LogP contribution >= 0.6 is 11.3 Å². The van der Waals surface area contributed by atoms with Gasteiger partial charge >= 0.3 is 0 Å². The number of carbonyl (C=O) groups is 2. The first-order chi connectivity index (χ1) is 12.6. The van der Waals surface area contributed by atoms with Gasteiger partial charge in [-0.3, -0.25) is 9.59 Å². The highest BCUT2D eigenvalue weighted by molar-refractivity contribution is 7.08. The highest BCUT2D eigenvalue weighted by Crippen LogP contribution is 2.35. The van der Waals surface area contributed by atoms with Gasteiger partial charge in [-0.15, -0.1) is 0 Å². The van der Waals surface area contributed by atoms with Gasteiger partial charge in [-0.05, 0) is 41.4 Å². The van der Waals surface area contributed by atoms with Crippen LogP contribution in [-0.2, 0) is 11.2 Å². The average molecular weight is 370 g/mol. The van der Waals surface area contributed by atoms with Crippen LogP contribution in [0.2, 0.25) is 0 Å². The van der Waals surface area contributed by atoms with Gasteiger partial charge in [-0.25, -0.2) is 4.98 Å². The third-order valence-electron chi connectivity index (χ3n) is 5.34. The van der Waals surface area contributed by atoms with Gasteiger partial charge in [-0.2, -0.15) is 11.3 Å². The number of likely N-dealkylation sites (tertiary alicyclic amines) is 1. The maximum atomic E-state index is 12.6. The number of pyridine rings is 1. The monoisotopic (exact) mass is 370 g/mol. The number of fused-ring (bicyclic) bond motifs is 1. The van der Waals surface area contributed by atoms with E-state index in [2.05, 4.69) is 22.1 Å². The molecule has 136 valence electrons. The van der Waals surface area contributed by atoms with Crippen LogP contribution in [0.25, 0.3) is 0 Å². The van der Waals surface area contributed by atoms with E-state index in [9.17, 15) is 9.59 Å². The summed E-state index contributed by atoms with van der Waals surface area (Å²) >= 11 is 1.61. The van der Waals surface area contributed by atoms with E-state index in [0.717, 1.165) is 17.9 Å². The molecule has 4 heterocycles. The molecule has 0 atom stereocenters. The predicted molar refractivity (Wildman–Crippen MR) is 101 cm³/mol. The molecule has 0 bridgehead atoms. The molecule has 6 nitrogen and oxygen atoms in total. The van der Waals surface area contributed by atoms with Gasteiger partial charge in [0.25, 0.3) is 5.91 Å². The third kappa shape index (κ3) is 2.86. The van der Waals surface area contributed by atoms with Gasteiger partial charge < -0.3 is 15.1 Å². The van der Waals surface area contributed by atoms with Gasteiger partial charge in [0.1, 0.15) is 11.5 Å². The Hall–Kier alpha value is -2.41. The minimum Gasteiger partial charge on any atom is -0.342 e. The van der Waals surface area contributed by atoms with E-state index in [4.69, 9.17) is 0 Å². The third-order valence-corrected chi connectivity index (χ3v) is 6.08. The second-order valence-corrected chi connectivity index (χ2v) is 7.57. The van der Waals surface area contributed by atoms with Crippen LogP contribution in [0.3, 0.4) is 0 Å². The minimum atomic E-state index is -0.452. The van der Waals surface area contributed by atoms with Crippen molar-refractivity contribution in [3.05, 3.63) is 46.3 Å². The molecule has 0 aromatic carbocycles. The number of piperidine rings is 1. The fraction of sp³-hybridized carbons (Fsp3) is 0.421. The van der Waals surface area contributed by atoms with E-state index in [1.165, 1.54) is 0 Å². The Balaban J connectivity index is 1.51. The molecule has 4 rings (SSSR count). The Labute approximate surface area is 156 Å². The molecule has 2 aliphatic heterocycles. The normalized spacial score (nSPS) is 18.6. The number of thiophene rings is 1. The summed E-state index contributed by atoms with van der Waals surface area (Å²) in [6.07, 6.45) is 3.59. The van der Waals surface area contributed by atoms with Crippen LogP contribution in [0.5, 0.6) is 0 Å². The van der Waals surface area contributed by atoms with Crippen molar-refractivity contribution >= 4 is 29.0 Å². The number of anilines is 1. The standard InChI is InChI=1S/C19H22N4O2S/c1-2-23-17-15(4-3-8-20-17)18(25)21-19(23)6-9-22(10-7-19)16(24)12-14-5-11-26-13-14/h3-5,8,11,13H,2,6-7,9-10,12H2,1H3,(H,21,25). The van der Waals surface area contributed by atoms with Crippen molar-refractivity contribution in [1.29, 1.82) is 0 Å². The van der Waals surface area contributed by atoms with E-state index in [1.54, 1.807) is 23.6 Å². The molecule has 2 aromatic rings. The lowest BCUT2D eigenvalue weighted by Crippen LogP contribution is -2.68. The average Bonchev–Trinajstić information content (AvgIpc) is 3.16. The first-order valence-corrected chi connectivity index (χ1v) is 9.91. The van der Waals surface area contributed by atoms with Crippen LogP contribution in [0.15, 0.2) is 35.2 Å². The van der Waals surface area contributed by atoms with Crippen LogP contribution in [0.1, 0.15) is 35.7 Å². The first kappa shape index (κ1) is 17.0. The molecular weight excluding hydrogens is 348 g/mol. The summed E-state index contributed by atoms with van der Waals surface area (Å²) in [5, 5.41) is 7.22. The van der Waals surface area contributed by atoms with E-state index in [1.807, 2.05) is 27.8 Å². The second kappa shape index (κ2) is 6.72. The summed E-state index contributed by atoms with van der Waals surface area (Å²) in [4.78, 5) is 33.7. The molecule has 0 unspecified atom stereocenters. The van der Waals surface area contributed by atoms with Crippen LogP contribution < -0.4 is 10.2 Å². The topological polar surface area (TPSA) is 65.5 Å². The Morgan fingerprint density at radius 3 is 2.85 bits per heavy atom. The fourth-order valence-electron chi connectivity index (χ4n) is 3.99. The van der Waals surface area contributed by atoms with Gasteiger partial charge in [0.05, 0.1) is 12.0 Å². The Morgan fingerprint density at radius 1 is 1.35 bits per heavy atom. The predicted octanol–water partition coefficient (Wildman–Crippen LogP) is 2.27. The minimum absolute atomic E-state index is 0.0733. The molecule has 1 N–H and O–H groups in total. The zero-order chi connectivity index (χ0) is 18.1. The first-order valence-electron chi connectivity index (χ1n) is 8.97. The lowest BCUT2D eigenvalue weighted by Gasteiger charge is -2.51. The summed E-state index contributed by atoms with van der Waals surface area (Å²) in [6, 6.07) is 5.60. The molecule has 7 heteroatoms. The maximum absolute atomic E-state index is 12.6. The van der Waals surface area contributed by atoms with Crippen LogP contribution in [0, 0.1) is 0 Å². The number of nitrogens with zero attached hydrogens (tertiary/aromatic N) is 3. The van der Waals surface area contributed by atoms with Gasteiger partial charge in [0.15, 0.2) is 0 Å². The quantitative estimate of drug-likeness (QED) is 0.900. The Bertz CT molecular complexity index is 813. The van der Waals surface area contributed by atoms with Crippen LogP contribution in [-0.4, -0.2) is 47.0 Å². The maximum Gasteiger partial charge on any atom is 0.256 e. The van der Waals surface area contributed by atoms with Crippen molar-refractivity contribution in [3.63, 3.8) is 0 Å². The largest absolute Gasteiger partial charge is 0.342 e. The number of hydrogen-bond donors (Lipinski definition) is 1. The zero-order valence-electron chi connectivity index (χ0n) is 14.8. The molecule has 0 saturated carbocycles. The smallest absolute Gasteiger partial charge is 0.256 e. The number of nitrogens with one attached hydrogen (secondary N) is 1. The van der Waals surface area contributed by atoms with Crippen LogP contribution in [0.4, 0.5) is 5.82 Å². The summed E-state index contributed by atoms with van der Waals surface area (Å²) in [5.41, 5.74) is 1.24. The lowest BCUT2D eigenvalue weighted by atomic mass is 9.91. The number of carbonyl (C=O) groups excluding carboxylic acids is 2. The van der Waals surface area contributed by atoms with Gasteiger partial charge in [0.2, 0.25) is 5.91 Å². The summed E-state index contributed by atoms with van der Waals surface area (Å²) < 4.78 is 0. The molecule has 1 fully saturated rings. The van der Waals surface area contributed by atoms with Crippen molar-refractivity contribution in [2.75, 3.05) is 24.5 Å². The molecule has 2 amide bonds. The second-order valence-electron chi connectivity index (χ2n) is 6.79. The molecule has 1 spiro atoms. The highest BCUT2D eigenvalue weighted by atomic mass is 32.1. The molecule has 26 heavy (non-hydrogen) atoms. The molecule has 1 saturated heterocycles. The van der Waals surface area contributed by atoms with E-state index >= 15 is 0 Å². The molecule has 2 aromatic heterocycles. The SMILES string of the molecule is CCN1c2ncccc2C(=O)NC12CCN(C(=O)Cc1ccsc1)CC2. The van der Waals surface area contributed by atoms with Crippen molar-refractivity contribution in [2.24, 2.45) is 0 Å². The van der Waals surface area contributed by atoms with E-state index < -0.39 is 5.66 Å². The van der Waals surface area contributed by atoms with Crippen molar-refractivity contribution < 1.29 is 9.59 Å². The van der Waals surface area contributed by atoms with Gasteiger partial charge in [-0.1, -0.05) is 0 Å². The van der Waals surface area contributed by atoms with E-state index in [-0.39, 0.29) is 11.8 Å². The lowest BCUT2D eigenvalue weighted by molar-refractivity contribution is -0.132. The molecule has 0 radical (unpaired) electrons. The zero-order valence-corrected chi connectivity index (χ0v) is 15.6. The van der Waals surface area contributed by atoms with E-state index in [0.29, 0.717) is 37.9 Å². The van der Waals surface area contributed by atoms with Crippen molar-refractivity contribution in [1.82, 2.24) is 15.2 Å². The molecule has 0 aliphatic carbocycles. The van der Waals surface area contributed by atoms with Crippen molar-refractivity contribution in [3.8, 4) is 0 Å². The highest BCUT2D eigenvalue weighted by Gasteiger charge is 2.46. The molecule has 2 aliphatic rings. The Morgan fingerprint density at radius 2 is 2.15 bits per heavy atom. The summed E-state index contributed by atoms with van der Waals surface area (Å²) in [7, 11) is 0. The molecular formula is C19H22N4O2S.